The first-order chi connectivity index (χ1) is 16.9. The second-order valence-corrected chi connectivity index (χ2v) is 9.08. The molecule has 0 unspecified atom stereocenters. The second-order valence-electron chi connectivity index (χ2n) is 9.08. The van der Waals surface area contributed by atoms with Crippen molar-refractivity contribution in [2.45, 2.75) is 32.7 Å². The highest BCUT2D eigenvalue weighted by Crippen LogP contribution is 2.38. The van der Waals surface area contributed by atoms with Gasteiger partial charge in [0, 0.05) is 44.3 Å². The highest BCUT2D eigenvalue weighted by atomic mass is 19.1. The highest BCUT2D eigenvalue weighted by Gasteiger charge is 2.31. The minimum Gasteiger partial charge on any atom is -0.491 e. The first kappa shape index (κ1) is 24.9. The number of hydrogen-bond acceptors (Lipinski definition) is 6. The molecule has 8 heteroatoms. The van der Waals surface area contributed by atoms with E-state index >= 15 is 0 Å². The monoisotopic (exact) mass is 481 g/mol. The van der Waals surface area contributed by atoms with Crippen LogP contribution in [0.2, 0.25) is 0 Å². The van der Waals surface area contributed by atoms with Crippen LogP contribution in [-0.2, 0) is 0 Å². The lowest BCUT2D eigenvalue weighted by molar-refractivity contribution is 0.0910. The number of nitrogens with one attached hydrogen (secondary N) is 2. The molecule has 0 aromatic heterocycles. The molecule has 1 amide bonds. The minimum atomic E-state index is -0.346. The van der Waals surface area contributed by atoms with Crippen LogP contribution in [0.4, 0.5) is 4.39 Å². The number of piperidine rings is 1. The van der Waals surface area contributed by atoms with Crippen molar-refractivity contribution in [3.05, 3.63) is 70.7 Å². The molecule has 2 heterocycles. The van der Waals surface area contributed by atoms with Gasteiger partial charge in [-0.15, -0.1) is 0 Å². The topological polar surface area (TPSA) is 79.9 Å². The lowest BCUT2D eigenvalue weighted by Gasteiger charge is -2.32. The summed E-state index contributed by atoms with van der Waals surface area (Å²) in [7, 11) is 0. The van der Waals surface area contributed by atoms with Gasteiger partial charge in [0.05, 0.1) is 0 Å². The Morgan fingerprint density at radius 1 is 1.11 bits per heavy atom. The van der Waals surface area contributed by atoms with Crippen molar-refractivity contribution < 1.29 is 23.5 Å². The molecular formula is C27H32FN3O4. The fraction of sp³-hybridized carbons (Fsp3) is 0.407. The molecule has 2 aliphatic rings. The summed E-state index contributed by atoms with van der Waals surface area (Å²) in [5.74, 6) is 0.860. The molecule has 4 rings (SSSR count). The summed E-state index contributed by atoms with van der Waals surface area (Å²) in [5, 5.41) is 6.43. The molecule has 0 spiro atoms. The Balaban J connectivity index is 1.12. The van der Waals surface area contributed by atoms with E-state index in [1.165, 1.54) is 24.3 Å². The van der Waals surface area contributed by atoms with Gasteiger partial charge in [-0.3, -0.25) is 9.59 Å². The summed E-state index contributed by atoms with van der Waals surface area (Å²) in [4.78, 5) is 27.3. The Bertz CT molecular complexity index is 1090. The third-order valence-corrected chi connectivity index (χ3v) is 6.26. The van der Waals surface area contributed by atoms with Crippen LogP contribution < -0.4 is 20.1 Å². The number of rotatable bonds is 9. The van der Waals surface area contributed by atoms with E-state index in [0.717, 1.165) is 44.6 Å². The number of halogens is 1. The molecule has 0 saturated carbocycles. The number of allylic oxidation sites excluding steroid dienone is 2. The fourth-order valence-corrected chi connectivity index (χ4v) is 4.31. The van der Waals surface area contributed by atoms with Gasteiger partial charge in [-0.1, -0.05) is 6.07 Å². The van der Waals surface area contributed by atoms with Crippen LogP contribution in [0.5, 0.6) is 11.5 Å². The number of benzene rings is 2. The van der Waals surface area contributed by atoms with Crippen LogP contribution >= 0.6 is 0 Å². The molecule has 0 radical (unpaired) electrons. The van der Waals surface area contributed by atoms with Crippen molar-refractivity contribution in [2.75, 3.05) is 39.3 Å². The summed E-state index contributed by atoms with van der Waals surface area (Å²) >= 11 is 0. The van der Waals surface area contributed by atoms with E-state index in [-0.39, 0.29) is 23.5 Å². The van der Waals surface area contributed by atoms with Crippen molar-refractivity contribution in [3.63, 3.8) is 0 Å². The van der Waals surface area contributed by atoms with Gasteiger partial charge in [-0.05, 0) is 68.7 Å². The van der Waals surface area contributed by atoms with E-state index in [1.807, 2.05) is 19.9 Å². The van der Waals surface area contributed by atoms with E-state index in [4.69, 9.17) is 9.47 Å². The van der Waals surface area contributed by atoms with Crippen LogP contribution in [0.1, 0.15) is 47.4 Å². The average molecular weight is 482 g/mol. The summed E-state index contributed by atoms with van der Waals surface area (Å²) < 4.78 is 24.6. The largest absolute Gasteiger partial charge is 0.491 e. The number of ketones is 1. The smallest absolute Gasteiger partial charge is 0.251 e. The van der Waals surface area contributed by atoms with E-state index < -0.39 is 0 Å². The van der Waals surface area contributed by atoms with E-state index in [0.29, 0.717) is 41.5 Å². The van der Waals surface area contributed by atoms with Crippen LogP contribution in [0.25, 0.3) is 0 Å². The van der Waals surface area contributed by atoms with Gasteiger partial charge in [0.2, 0.25) is 5.78 Å². The van der Waals surface area contributed by atoms with Crippen LogP contribution in [-0.4, -0.2) is 62.0 Å². The molecule has 0 aliphatic carbocycles. The van der Waals surface area contributed by atoms with Gasteiger partial charge in [0.15, 0.2) is 5.76 Å². The molecule has 7 nitrogen and oxygen atoms in total. The van der Waals surface area contributed by atoms with E-state index in [2.05, 4.69) is 15.5 Å². The van der Waals surface area contributed by atoms with Crippen LogP contribution in [0.3, 0.4) is 0 Å². The number of nitrogens with zero attached hydrogens (tertiary/aromatic N) is 1. The van der Waals surface area contributed by atoms with Gasteiger partial charge in [-0.2, -0.15) is 0 Å². The number of fused-ring (bicyclic) bond motifs is 1. The summed E-state index contributed by atoms with van der Waals surface area (Å²) in [6.45, 7) is 8.40. The van der Waals surface area contributed by atoms with Crippen molar-refractivity contribution in [2.24, 2.45) is 0 Å². The lowest BCUT2D eigenvalue weighted by atomic mass is 10.0. The molecule has 0 bridgehead atoms. The van der Waals surface area contributed by atoms with Crippen molar-refractivity contribution in [3.8, 4) is 11.5 Å². The molecular weight excluding hydrogens is 449 g/mol. The van der Waals surface area contributed by atoms with E-state index in [9.17, 15) is 14.0 Å². The van der Waals surface area contributed by atoms with Crippen molar-refractivity contribution in [1.82, 2.24) is 15.5 Å². The highest BCUT2D eigenvalue weighted by molar-refractivity contribution is 6.14. The molecule has 35 heavy (non-hydrogen) atoms. The summed E-state index contributed by atoms with van der Waals surface area (Å²) in [6, 6.07) is 11.2. The van der Waals surface area contributed by atoms with Gasteiger partial charge >= 0.3 is 0 Å². The Morgan fingerprint density at radius 3 is 2.57 bits per heavy atom. The van der Waals surface area contributed by atoms with Crippen LogP contribution in [0.15, 0.2) is 53.8 Å². The molecule has 0 atom stereocenters. The summed E-state index contributed by atoms with van der Waals surface area (Å²) in [5.41, 5.74) is 1.83. The third kappa shape index (κ3) is 6.26. The Labute approximate surface area is 205 Å². The Morgan fingerprint density at radius 2 is 1.86 bits per heavy atom. The maximum atomic E-state index is 13.0. The zero-order valence-corrected chi connectivity index (χ0v) is 20.2. The maximum Gasteiger partial charge on any atom is 0.251 e. The standard InChI is InChI=1S/C27H32FN3O4/c1-18(2)26-25(32)24-22(4-3-5-23(24)35-26)34-17-13-29-12-16-31-14-10-21(11-15-31)30-27(33)19-6-8-20(28)9-7-19/h3-9,21,29H,10-17H2,1-2H3,(H,30,33). The van der Waals surface area contributed by atoms with Crippen molar-refractivity contribution in [1.29, 1.82) is 0 Å². The predicted molar refractivity (Wildman–Crippen MR) is 131 cm³/mol. The lowest BCUT2D eigenvalue weighted by Crippen LogP contribution is -2.46. The zero-order valence-electron chi connectivity index (χ0n) is 20.2. The molecule has 2 aromatic carbocycles. The SMILES string of the molecule is CC(C)=C1Oc2cccc(OCCNCCN3CCC(NC(=O)c4ccc(F)cc4)CC3)c2C1=O. The third-order valence-electron chi connectivity index (χ3n) is 6.26. The number of likely N-dealkylation sites (tertiary alicyclic amines) is 1. The molecule has 2 N–H and O–H groups in total. The fourth-order valence-electron chi connectivity index (χ4n) is 4.31. The van der Waals surface area contributed by atoms with E-state index in [1.54, 1.807) is 12.1 Å². The van der Waals surface area contributed by atoms with Gasteiger partial charge < -0.3 is 25.0 Å². The van der Waals surface area contributed by atoms with Gasteiger partial charge in [-0.25, -0.2) is 4.39 Å². The first-order valence-corrected chi connectivity index (χ1v) is 12.1. The quantitative estimate of drug-likeness (QED) is 0.421. The Kier molecular flexibility index (Phi) is 8.15. The van der Waals surface area contributed by atoms with Gasteiger partial charge in [0.25, 0.3) is 5.91 Å². The second kappa shape index (κ2) is 11.5. The number of carbonyl (C=O) groups excluding carboxylic acids is 2. The minimum absolute atomic E-state index is 0.124. The number of Topliss-reactive ketones (excluding diaryl/α,β-unsaturated/α-hetero) is 1. The Hall–Kier alpha value is -3.23. The van der Waals surface area contributed by atoms with Gasteiger partial charge in [0.1, 0.15) is 29.5 Å². The molecule has 1 fully saturated rings. The molecule has 186 valence electrons. The number of ether oxygens (including phenoxy) is 2. The molecule has 2 aliphatic heterocycles. The molecule has 2 aromatic rings. The first-order valence-electron chi connectivity index (χ1n) is 12.1. The number of carbonyl (C=O) groups is 2. The van der Waals surface area contributed by atoms with Crippen molar-refractivity contribution >= 4 is 11.7 Å². The predicted octanol–water partition coefficient (Wildman–Crippen LogP) is 3.56. The average Bonchev–Trinajstić information content (AvgIpc) is 3.20. The molecule has 1 saturated heterocycles. The number of hydrogen-bond donors (Lipinski definition) is 2. The zero-order chi connectivity index (χ0) is 24.8. The maximum absolute atomic E-state index is 13.0. The normalized spacial score (nSPS) is 16.1. The summed E-state index contributed by atoms with van der Waals surface area (Å²) in [6.07, 6.45) is 1.78. The number of amides is 1. The van der Waals surface area contributed by atoms with Crippen LogP contribution in [0, 0.1) is 5.82 Å².